The summed E-state index contributed by atoms with van der Waals surface area (Å²) in [7, 11) is -3.67. The number of imidazole rings is 1. The number of benzene rings is 3. The largest absolute Gasteiger partial charge is 0.345 e. The number of sulfonamides is 1. The number of hydrogen-bond acceptors (Lipinski definition) is 4. The summed E-state index contributed by atoms with van der Waals surface area (Å²) < 4.78 is 27.2. The van der Waals surface area contributed by atoms with Gasteiger partial charge in [-0.3, -0.25) is 4.79 Å². The van der Waals surface area contributed by atoms with Gasteiger partial charge in [-0.1, -0.05) is 56.3 Å². The van der Waals surface area contributed by atoms with Crippen molar-refractivity contribution in [2.24, 2.45) is 0 Å². The van der Waals surface area contributed by atoms with Gasteiger partial charge >= 0.3 is 0 Å². The molecule has 0 fully saturated rings. The number of hydrogen-bond donors (Lipinski definition) is 2. The van der Waals surface area contributed by atoms with Crippen molar-refractivity contribution in [3.63, 3.8) is 0 Å². The number of rotatable bonds is 8. The van der Waals surface area contributed by atoms with Crippen molar-refractivity contribution >= 4 is 27.0 Å². The van der Waals surface area contributed by atoms with Crippen LogP contribution in [0.3, 0.4) is 0 Å². The fraction of sp³-hybridized carbons (Fsp3) is 0.200. The van der Waals surface area contributed by atoms with Crippen LogP contribution in [0.25, 0.3) is 11.0 Å². The smallest absolute Gasteiger partial charge is 0.252 e. The van der Waals surface area contributed by atoms with Crippen LogP contribution in [0.1, 0.15) is 41.4 Å². The number of nitrogens with zero attached hydrogens (tertiary/aromatic N) is 2. The molecular formula is C25H26N4O3S. The topological polar surface area (TPSA) is 95.2 Å². The van der Waals surface area contributed by atoms with Crippen molar-refractivity contribution in [3.05, 3.63) is 95.8 Å². The van der Waals surface area contributed by atoms with E-state index in [0.717, 1.165) is 22.2 Å². The lowest BCUT2D eigenvalue weighted by Gasteiger charge is -2.21. The summed E-state index contributed by atoms with van der Waals surface area (Å²) in [5.74, 6) is -0.356. The number of amides is 1. The molecule has 33 heavy (non-hydrogen) atoms. The maximum atomic E-state index is 13.3. The Morgan fingerprint density at radius 3 is 2.45 bits per heavy atom. The molecule has 1 aromatic heterocycles. The minimum atomic E-state index is -3.67. The average Bonchev–Trinajstić information content (AvgIpc) is 3.31. The van der Waals surface area contributed by atoms with Crippen LogP contribution in [0.15, 0.2) is 84.0 Å². The van der Waals surface area contributed by atoms with Crippen LogP contribution in [-0.2, 0) is 10.0 Å². The number of nitrogens with one attached hydrogen (secondary N) is 2. The molecule has 170 valence electrons. The second-order valence-corrected chi connectivity index (χ2v) is 9.55. The van der Waals surface area contributed by atoms with Crippen LogP contribution in [0.2, 0.25) is 0 Å². The Kier molecular flexibility index (Phi) is 6.57. The zero-order chi connectivity index (χ0) is 23.4. The van der Waals surface area contributed by atoms with Gasteiger partial charge in [0.1, 0.15) is 0 Å². The van der Waals surface area contributed by atoms with Crippen molar-refractivity contribution < 1.29 is 13.2 Å². The van der Waals surface area contributed by atoms with Crippen LogP contribution in [0.4, 0.5) is 0 Å². The lowest BCUT2D eigenvalue weighted by Crippen LogP contribution is -2.31. The Hall–Kier alpha value is -3.49. The Labute approximate surface area is 193 Å². The SMILES string of the molecule is CCN(CC)S(=O)(=O)c1cccc(C(=O)N[C@@H](c2ccccc2)c2ccc3nc[nH]c3c2)c1. The van der Waals surface area contributed by atoms with Gasteiger partial charge in [0.25, 0.3) is 5.91 Å². The predicted octanol–water partition coefficient (Wildman–Crippen LogP) is 4.11. The van der Waals surface area contributed by atoms with Gasteiger partial charge in [0, 0.05) is 18.7 Å². The maximum absolute atomic E-state index is 13.3. The molecule has 0 aliphatic carbocycles. The van der Waals surface area contributed by atoms with E-state index in [0.29, 0.717) is 13.1 Å². The monoisotopic (exact) mass is 462 g/mol. The first-order valence-electron chi connectivity index (χ1n) is 10.8. The molecule has 8 heteroatoms. The Morgan fingerprint density at radius 2 is 1.73 bits per heavy atom. The minimum Gasteiger partial charge on any atom is -0.345 e. The molecule has 0 saturated heterocycles. The highest BCUT2D eigenvalue weighted by Crippen LogP contribution is 2.25. The molecule has 4 rings (SSSR count). The lowest BCUT2D eigenvalue weighted by molar-refractivity contribution is 0.0942. The van der Waals surface area contributed by atoms with Gasteiger partial charge in [0.05, 0.1) is 28.3 Å². The van der Waals surface area contributed by atoms with Gasteiger partial charge < -0.3 is 10.3 Å². The maximum Gasteiger partial charge on any atom is 0.252 e. The van der Waals surface area contributed by atoms with Crippen LogP contribution >= 0.6 is 0 Å². The van der Waals surface area contributed by atoms with Crippen molar-refractivity contribution in [2.75, 3.05) is 13.1 Å². The number of carbonyl (C=O) groups excluding carboxylic acids is 1. The Morgan fingerprint density at radius 1 is 0.970 bits per heavy atom. The van der Waals surface area contributed by atoms with Crippen LogP contribution in [0, 0.1) is 0 Å². The van der Waals surface area contributed by atoms with E-state index < -0.39 is 16.1 Å². The number of H-pyrrole nitrogens is 1. The zero-order valence-electron chi connectivity index (χ0n) is 18.5. The van der Waals surface area contributed by atoms with E-state index in [-0.39, 0.29) is 16.4 Å². The average molecular weight is 463 g/mol. The zero-order valence-corrected chi connectivity index (χ0v) is 19.3. The summed E-state index contributed by atoms with van der Waals surface area (Å²) in [6, 6.07) is 21.2. The summed E-state index contributed by atoms with van der Waals surface area (Å²) >= 11 is 0. The molecule has 1 heterocycles. The van der Waals surface area contributed by atoms with Crippen molar-refractivity contribution in [1.29, 1.82) is 0 Å². The fourth-order valence-electron chi connectivity index (χ4n) is 3.86. The van der Waals surface area contributed by atoms with Gasteiger partial charge in [-0.15, -0.1) is 0 Å². The predicted molar refractivity (Wildman–Crippen MR) is 128 cm³/mol. The van der Waals surface area contributed by atoms with E-state index in [1.165, 1.54) is 16.4 Å². The molecule has 1 amide bonds. The summed E-state index contributed by atoms with van der Waals surface area (Å²) in [6.45, 7) is 4.31. The summed E-state index contributed by atoms with van der Waals surface area (Å²) in [5.41, 5.74) is 3.79. The van der Waals surface area contributed by atoms with Crippen molar-refractivity contribution in [3.8, 4) is 0 Å². The molecule has 0 spiro atoms. The van der Waals surface area contributed by atoms with Gasteiger partial charge in [-0.25, -0.2) is 13.4 Å². The molecule has 0 saturated carbocycles. The highest BCUT2D eigenvalue weighted by atomic mass is 32.2. The van der Waals surface area contributed by atoms with Gasteiger partial charge in [-0.2, -0.15) is 4.31 Å². The molecule has 4 aromatic rings. The normalized spacial score (nSPS) is 12.7. The second kappa shape index (κ2) is 9.56. The van der Waals surface area contributed by atoms with Crippen LogP contribution in [-0.4, -0.2) is 41.7 Å². The second-order valence-electron chi connectivity index (χ2n) is 7.61. The van der Waals surface area contributed by atoms with E-state index in [1.807, 2.05) is 48.5 Å². The van der Waals surface area contributed by atoms with Gasteiger partial charge in [0.2, 0.25) is 10.0 Å². The first kappa shape index (κ1) is 22.7. The first-order chi connectivity index (χ1) is 15.9. The summed E-state index contributed by atoms with van der Waals surface area (Å²) in [4.78, 5) is 20.7. The number of aromatic amines is 1. The Bertz CT molecular complexity index is 1360. The van der Waals surface area contributed by atoms with Gasteiger partial charge in [-0.05, 0) is 41.5 Å². The number of aromatic nitrogens is 2. The first-order valence-corrected chi connectivity index (χ1v) is 12.3. The number of fused-ring (bicyclic) bond motifs is 1. The minimum absolute atomic E-state index is 0.106. The molecule has 7 nitrogen and oxygen atoms in total. The molecule has 1 atom stereocenters. The highest BCUT2D eigenvalue weighted by molar-refractivity contribution is 7.89. The highest BCUT2D eigenvalue weighted by Gasteiger charge is 2.24. The molecule has 3 aromatic carbocycles. The Balaban J connectivity index is 1.68. The lowest BCUT2D eigenvalue weighted by atomic mass is 9.97. The molecule has 0 radical (unpaired) electrons. The van der Waals surface area contributed by atoms with Crippen molar-refractivity contribution in [2.45, 2.75) is 24.8 Å². The van der Waals surface area contributed by atoms with Crippen LogP contribution in [0.5, 0.6) is 0 Å². The van der Waals surface area contributed by atoms with E-state index in [9.17, 15) is 13.2 Å². The van der Waals surface area contributed by atoms with Crippen molar-refractivity contribution in [1.82, 2.24) is 19.6 Å². The third kappa shape index (κ3) is 4.67. The fourth-order valence-corrected chi connectivity index (χ4v) is 5.37. The molecule has 0 aliphatic rings. The molecule has 0 unspecified atom stereocenters. The quantitative estimate of drug-likeness (QED) is 0.412. The van der Waals surface area contributed by atoms with Gasteiger partial charge in [0.15, 0.2) is 0 Å². The van der Waals surface area contributed by atoms with E-state index in [2.05, 4.69) is 15.3 Å². The molecule has 2 N–H and O–H groups in total. The summed E-state index contributed by atoms with van der Waals surface area (Å²) in [5, 5.41) is 3.08. The van der Waals surface area contributed by atoms with E-state index in [4.69, 9.17) is 0 Å². The third-order valence-electron chi connectivity index (χ3n) is 5.63. The van der Waals surface area contributed by atoms with E-state index in [1.54, 1.807) is 32.3 Å². The standard InChI is InChI=1S/C25H26N4O3S/c1-3-29(4-2)33(31,32)21-12-8-11-20(15-21)25(30)28-24(18-9-6-5-7-10-18)19-13-14-22-23(16-19)27-17-26-22/h5-17,24H,3-4H2,1-2H3,(H,26,27)(H,28,30)/t24-/m0/s1. The number of carbonyl (C=O) groups is 1. The third-order valence-corrected chi connectivity index (χ3v) is 7.67. The van der Waals surface area contributed by atoms with Crippen LogP contribution < -0.4 is 5.32 Å². The van der Waals surface area contributed by atoms with E-state index >= 15 is 0 Å². The molecule has 0 aliphatic heterocycles. The summed E-state index contributed by atoms with van der Waals surface area (Å²) in [6.07, 6.45) is 1.63. The molecule has 0 bridgehead atoms. The molecular weight excluding hydrogens is 436 g/mol.